The first-order valence-corrected chi connectivity index (χ1v) is 7.20. The molecule has 1 rings (SSSR count). The van der Waals surface area contributed by atoms with Crippen molar-refractivity contribution in [1.29, 1.82) is 0 Å². The predicted molar refractivity (Wildman–Crippen MR) is 81.8 cm³/mol. The van der Waals surface area contributed by atoms with Crippen molar-refractivity contribution in [2.45, 2.75) is 60.3 Å². The summed E-state index contributed by atoms with van der Waals surface area (Å²) in [5.41, 5.74) is 3.31. The highest BCUT2D eigenvalue weighted by Gasteiger charge is 2.22. The van der Waals surface area contributed by atoms with E-state index in [9.17, 15) is 0 Å². The lowest BCUT2D eigenvalue weighted by molar-refractivity contribution is 0.301. The van der Waals surface area contributed by atoms with Gasteiger partial charge in [-0.25, -0.2) is 0 Å². The standard InChI is InChI=1S/C18H29/c1-7-8-15-9-11-16(12-10-15)17(14(2)3)13-18(4,5)6/h7,9-12,14,17H,8,13H2,1-6H3/q+1. The minimum Gasteiger partial charge on any atom is -0.0622 e. The van der Waals surface area contributed by atoms with Crippen LogP contribution in [0.5, 0.6) is 0 Å². The van der Waals surface area contributed by atoms with Crippen LogP contribution in [0.1, 0.15) is 65.0 Å². The first kappa shape index (κ1) is 15.1. The first-order valence-electron chi connectivity index (χ1n) is 7.20. The van der Waals surface area contributed by atoms with E-state index < -0.39 is 0 Å². The van der Waals surface area contributed by atoms with E-state index in [1.807, 2.05) is 0 Å². The molecule has 0 heteroatoms. The smallest absolute Gasteiger partial charge is 0.0622 e. The van der Waals surface area contributed by atoms with Gasteiger partial charge < -0.3 is 0 Å². The molecule has 0 N–H and O–H groups in total. The van der Waals surface area contributed by atoms with Crippen LogP contribution >= 0.6 is 0 Å². The molecule has 1 unspecified atom stereocenters. The fraction of sp³-hybridized carbons (Fsp3) is 0.611. The van der Waals surface area contributed by atoms with Crippen LogP contribution in [0, 0.1) is 17.8 Å². The van der Waals surface area contributed by atoms with Crippen LogP contribution in [0.15, 0.2) is 24.3 Å². The van der Waals surface area contributed by atoms with Crippen molar-refractivity contribution in [3.63, 3.8) is 0 Å². The van der Waals surface area contributed by atoms with Crippen molar-refractivity contribution in [2.75, 3.05) is 0 Å². The van der Waals surface area contributed by atoms with Crippen molar-refractivity contribution < 1.29 is 0 Å². The third-order valence-electron chi connectivity index (χ3n) is 3.48. The molecule has 0 saturated carbocycles. The highest BCUT2D eigenvalue weighted by molar-refractivity contribution is 5.26. The summed E-state index contributed by atoms with van der Waals surface area (Å²) < 4.78 is 0. The lowest BCUT2D eigenvalue weighted by Gasteiger charge is -2.29. The van der Waals surface area contributed by atoms with Gasteiger partial charge in [0.25, 0.3) is 0 Å². The Balaban J connectivity index is 2.86. The summed E-state index contributed by atoms with van der Waals surface area (Å²) >= 11 is 0. The summed E-state index contributed by atoms with van der Waals surface area (Å²) in [6.07, 6.45) is 4.54. The second kappa shape index (κ2) is 6.31. The number of hydrogen-bond donors (Lipinski definition) is 0. The quantitative estimate of drug-likeness (QED) is 0.590. The lowest BCUT2D eigenvalue weighted by Crippen LogP contribution is -2.16. The molecule has 1 aromatic carbocycles. The Labute approximate surface area is 114 Å². The van der Waals surface area contributed by atoms with Gasteiger partial charge in [0.1, 0.15) is 6.42 Å². The monoisotopic (exact) mass is 245 g/mol. The fourth-order valence-electron chi connectivity index (χ4n) is 2.53. The van der Waals surface area contributed by atoms with Crippen molar-refractivity contribution in [2.24, 2.45) is 11.3 Å². The molecule has 0 aliphatic heterocycles. The summed E-state index contributed by atoms with van der Waals surface area (Å²) in [5, 5.41) is 0. The molecule has 0 radical (unpaired) electrons. The zero-order valence-electron chi connectivity index (χ0n) is 13.0. The zero-order valence-corrected chi connectivity index (χ0v) is 13.0. The molecule has 0 fully saturated rings. The van der Waals surface area contributed by atoms with Crippen LogP contribution in [0.4, 0.5) is 0 Å². The highest BCUT2D eigenvalue weighted by atomic mass is 14.3. The second-order valence-electron chi connectivity index (χ2n) is 6.97. The largest absolute Gasteiger partial charge is 0.112 e. The topological polar surface area (TPSA) is 0 Å². The van der Waals surface area contributed by atoms with Gasteiger partial charge in [-0.15, -0.1) is 0 Å². The van der Waals surface area contributed by atoms with Crippen molar-refractivity contribution in [3.05, 3.63) is 41.8 Å². The van der Waals surface area contributed by atoms with E-state index in [0.29, 0.717) is 17.3 Å². The molecule has 0 spiro atoms. The Bertz CT molecular complexity index is 337. The van der Waals surface area contributed by atoms with E-state index in [1.165, 1.54) is 17.5 Å². The van der Waals surface area contributed by atoms with E-state index in [2.05, 4.69) is 72.2 Å². The lowest BCUT2D eigenvalue weighted by atomic mass is 9.76. The molecule has 0 aliphatic rings. The van der Waals surface area contributed by atoms with Crippen LogP contribution in [0.25, 0.3) is 0 Å². The molecular formula is C18H29+. The molecule has 0 nitrogen and oxygen atoms in total. The van der Waals surface area contributed by atoms with Gasteiger partial charge in [-0.3, -0.25) is 0 Å². The summed E-state index contributed by atoms with van der Waals surface area (Å²) in [6, 6.07) is 9.23. The van der Waals surface area contributed by atoms with E-state index in [-0.39, 0.29) is 0 Å². The normalized spacial score (nSPS) is 13.7. The summed E-state index contributed by atoms with van der Waals surface area (Å²) in [7, 11) is 0. The maximum Gasteiger partial charge on any atom is 0.112 e. The van der Waals surface area contributed by atoms with Gasteiger partial charge in [0.2, 0.25) is 0 Å². The van der Waals surface area contributed by atoms with E-state index >= 15 is 0 Å². The van der Waals surface area contributed by atoms with Gasteiger partial charge in [0.05, 0.1) is 13.3 Å². The Morgan fingerprint density at radius 1 is 1.06 bits per heavy atom. The van der Waals surface area contributed by atoms with Gasteiger partial charge in [0.15, 0.2) is 0 Å². The zero-order chi connectivity index (χ0) is 13.8. The molecule has 1 aromatic rings. The molecule has 0 saturated heterocycles. The van der Waals surface area contributed by atoms with Crippen LogP contribution in [0.2, 0.25) is 0 Å². The summed E-state index contributed by atoms with van der Waals surface area (Å²) in [4.78, 5) is 0. The maximum atomic E-state index is 2.34. The van der Waals surface area contributed by atoms with Crippen LogP contribution in [-0.4, -0.2) is 0 Å². The Kier molecular flexibility index (Phi) is 5.31. The molecule has 18 heavy (non-hydrogen) atoms. The average molecular weight is 245 g/mol. The number of rotatable bonds is 5. The predicted octanol–water partition coefficient (Wildman–Crippen LogP) is 5.63. The Morgan fingerprint density at radius 3 is 2.00 bits per heavy atom. The van der Waals surface area contributed by atoms with Gasteiger partial charge in [0, 0.05) is 0 Å². The van der Waals surface area contributed by atoms with Crippen molar-refractivity contribution in [3.8, 4) is 0 Å². The molecular weight excluding hydrogens is 216 g/mol. The second-order valence-corrected chi connectivity index (χ2v) is 6.97. The number of hydrogen-bond acceptors (Lipinski definition) is 0. The molecule has 0 amide bonds. The van der Waals surface area contributed by atoms with Gasteiger partial charge >= 0.3 is 0 Å². The van der Waals surface area contributed by atoms with Gasteiger partial charge in [-0.05, 0) is 34.8 Å². The Morgan fingerprint density at radius 2 is 1.61 bits per heavy atom. The van der Waals surface area contributed by atoms with Gasteiger partial charge in [-0.2, -0.15) is 0 Å². The molecule has 0 aliphatic carbocycles. The molecule has 0 bridgehead atoms. The van der Waals surface area contributed by atoms with Crippen LogP contribution in [0.3, 0.4) is 0 Å². The first-order chi connectivity index (χ1) is 8.33. The summed E-state index contributed by atoms with van der Waals surface area (Å²) in [5.74, 6) is 1.37. The van der Waals surface area contributed by atoms with Crippen molar-refractivity contribution in [1.82, 2.24) is 0 Å². The average Bonchev–Trinajstić information content (AvgIpc) is 2.26. The third-order valence-corrected chi connectivity index (χ3v) is 3.48. The van der Waals surface area contributed by atoms with E-state index in [0.717, 1.165) is 6.42 Å². The molecule has 0 aromatic heterocycles. The maximum absolute atomic E-state index is 2.34. The van der Waals surface area contributed by atoms with Crippen molar-refractivity contribution >= 4 is 0 Å². The highest BCUT2D eigenvalue weighted by Crippen LogP contribution is 2.36. The molecule has 1 atom stereocenters. The van der Waals surface area contributed by atoms with Crippen LogP contribution in [-0.2, 0) is 6.42 Å². The third kappa shape index (κ3) is 4.76. The number of benzene rings is 1. The Hall–Kier alpha value is -0.910. The minimum atomic E-state index is 0.394. The fourth-order valence-corrected chi connectivity index (χ4v) is 2.53. The summed E-state index contributed by atoms with van der Waals surface area (Å²) in [6.45, 7) is 13.8. The van der Waals surface area contributed by atoms with E-state index in [1.54, 1.807) is 0 Å². The minimum absolute atomic E-state index is 0.394. The molecule has 0 heterocycles. The van der Waals surface area contributed by atoms with Crippen LogP contribution < -0.4 is 0 Å². The molecule has 100 valence electrons. The van der Waals surface area contributed by atoms with E-state index in [4.69, 9.17) is 0 Å². The SMILES string of the molecule is C[CH+]Cc1ccc(C(CC(C)(C)C)C(C)C)cc1. The van der Waals surface area contributed by atoms with Gasteiger partial charge in [-0.1, -0.05) is 58.9 Å².